The second-order valence-corrected chi connectivity index (χ2v) is 3.46. The molecule has 0 heterocycles. The molecule has 0 radical (unpaired) electrons. The van der Waals surface area contributed by atoms with Crippen molar-refractivity contribution in [3.05, 3.63) is 0 Å². The standard InChI is InChI=1S/C4H11N5O3S/c5-7-4-9-8-3-6-1-2-13(10,11)12/h3-4H,1-2,5H2,(H,6,8)(H,7,9)(H,10,11,12). The van der Waals surface area contributed by atoms with Gasteiger partial charge in [0, 0.05) is 0 Å². The summed E-state index contributed by atoms with van der Waals surface area (Å²) in [5.41, 5.74) is 4.83. The first-order valence-corrected chi connectivity index (χ1v) is 4.83. The van der Waals surface area contributed by atoms with E-state index in [4.69, 9.17) is 10.4 Å². The van der Waals surface area contributed by atoms with E-state index in [0.717, 1.165) is 0 Å². The van der Waals surface area contributed by atoms with Crippen LogP contribution in [0.25, 0.3) is 0 Å². The highest BCUT2D eigenvalue weighted by molar-refractivity contribution is 7.85. The molecule has 76 valence electrons. The van der Waals surface area contributed by atoms with Crippen LogP contribution in [0.2, 0.25) is 0 Å². The van der Waals surface area contributed by atoms with Gasteiger partial charge in [-0.05, 0) is 0 Å². The Hall–Kier alpha value is -1.35. The fourth-order valence-corrected chi connectivity index (χ4v) is 0.726. The number of aliphatic imine (C=N–C) groups is 1. The average molecular weight is 209 g/mol. The minimum atomic E-state index is -3.93. The van der Waals surface area contributed by atoms with Gasteiger partial charge in [-0.2, -0.15) is 13.5 Å². The minimum Gasteiger partial charge on any atom is -0.322 e. The maximum Gasteiger partial charge on any atom is 0.266 e. The molecule has 0 amide bonds. The number of hydrazine groups is 1. The Kier molecular flexibility index (Phi) is 5.55. The second kappa shape index (κ2) is 6.20. The van der Waals surface area contributed by atoms with E-state index in [-0.39, 0.29) is 6.54 Å². The number of hydrogen-bond donors (Lipinski definition) is 4. The van der Waals surface area contributed by atoms with Crippen LogP contribution in [0.3, 0.4) is 0 Å². The lowest BCUT2D eigenvalue weighted by molar-refractivity contribution is 0.483. The Morgan fingerprint density at radius 3 is 2.54 bits per heavy atom. The lowest BCUT2D eigenvalue weighted by atomic mass is 10.8. The van der Waals surface area contributed by atoms with E-state index in [1.54, 1.807) is 0 Å². The van der Waals surface area contributed by atoms with Gasteiger partial charge >= 0.3 is 0 Å². The van der Waals surface area contributed by atoms with E-state index < -0.39 is 15.9 Å². The summed E-state index contributed by atoms with van der Waals surface area (Å²) in [5, 5.41) is 3.10. The summed E-state index contributed by atoms with van der Waals surface area (Å²) in [6.07, 6.45) is 2.39. The molecule has 0 saturated carbocycles. The van der Waals surface area contributed by atoms with Crippen molar-refractivity contribution in [2.45, 2.75) is 0 Å². The molecular formula is C4H11N5O3S. The van der Waals surface area contributed by atoms with Gasteiger partial charge in [-0.15, -0.1) is 0 Å². The molecule has 0 saturated heterocycles. The number of hydrazone groups is 1. The van der Waals surface area contributed by atoms with Crippen LogP contribution in [-0.2, 0) is 10.1 Å². The summed E-state index contributed by atoms with van der Waals surface area (Å²) in [6.45, 7) is -0.0206. The summed E-state index contributed by atoms with van der Waals surface area (Å²) in [7, 11) is -3.93. The lowest BCUT2D eigenvalue weighted by Crippen LogP contribution is -2.29. The number of nitrogens with one attached hydrogen (secondary N) is 2. The van der Waals surface area contributed by atoms with Crippen LogP contribution in [-0.4, -0.2) is 37.9 Å². The van der Waals surface area contributed by atoms with E-state index in [1.165, 1.54) is 12.7 Å². The van der Waals surface area contributed by atoms with Crippen LogP contribution in [0, 0.1) is 0 Å². The average Bonchev–Trinajstić information content (AvgIpc) is 2.01. The molecule has 0 rings (SSSR count). The Balaban J connectivity index is 3.43. The fraction of sp³-hybridized carbons (Fsp3) is 0.500. The SMILES string of the molecule is NN=CNNC=NCCS(=O)(=O)O. The first kappa shape index (κ1) is 11.6. The van der Waals surface area contributed by atoms with E-state index in [0.29, 0.717) is 0 Å². The van der Waals surface area contributed by atoms with Crippen molar-refractivity contribution in [2.75, 3.05) is 12.3 Å². The predicted octanol–water partition coefficient (Wildman–Crippen LogP) is -2.10. The van der Waals surface area contributed by atoms with Crippen molar-refractivity contribution in [1.29, 1.82) is 0 Å². The van der Waals surface area contributed by atoms with Gasteiger partial charge in [0.1, 0.15) is 12.7 Å². The summed E-state index contributed by atoms with van der Waals surface area (Å²) in [4.78, 5) is 3.59. The van der Waals surface area contributed by atoms with Crippen molar-refractivity contribution in [3.63, 3.8) is 0 Å². The molecule has 0 aliphatic carbocycles. The van der Waals surface area contributed by atoms with Crippen molar-refractivity contribution >= 4 is 22.8 Å². The molecule has 0 unspecified atom stereocenters. The van der Waals surface area contributed by atoms with E-state index in [9.17, 15) is 8.42 Å². The minimum absolute atomic E-state index is 0.0206. The van der Waals surface area contributed by atoms with Gasteiger partial charge in [0.2, 0.25) is 0 Å². The normalized spacial score (nSPS) is 12.4. The molecule has 0 aromatic rings. The van der Waals surface area contributed by atoms with Gasteiger partial charge in [-0.1, -0.05) is 0 Å². The van der Waals surface area contributed by atoms with Crippen molar-refractivity contribution < 1.29 is 13.0 Å². The number of nitrogens with two attached hydrogens (primary N) is 1. The maximum atomic E-state index is 10.2. The van der Waals surface area contributed by atoms with Crippen LogP contribution in [0.1, 0.15) is 0 Å². The number of hydrogen-bond acceptors (Lipinski definition) is 5. The van der Waals surface area contributed by atoms with Gasteiger partial charge in [0.25, 0.3) is 10.1 Å². The summed E-state index contributed by atoms with van der Waals surface area (Å²) in [6, 6.07) is 0. The molecular weight excluding hydrogens is 198 g/mol. The molecule has 5 N–H and O–H groups in total. The number of rotatable bonds is 6. The smallest absolute Gasteiger partial charge is 0.266 e. The zero-order valence-corrected chi connectivity index (χ0v) is 7.53. The summed E-state index contributed by atoms with van der Waals surface area (Å²) >= 11 is 0. The Morgan fingerprint density at radius 1 is 1.38 bits per heavy atom. The van der Waals surface area contributed by atoms with Crippen molar-refractivity contribution in [1.82, 2.24) is 10.9 Å². The molecule has 0 fully saturated rings. The van der Waals surface area contributed by atoms with Gasteiger partial charge in [0.15, 0.2) is 0 Å². The molecule has 13 heavy (non-hydrogen) atoms. The van der Waals surface area contributed by atoms with Crippen molar-refractivity contribution in [2.24, 2.45) is 15.9 Å². The van der Waals surface area contributed by atoms with Crippen LogP contribution in [0.5, 0.6) is 0 Å². The maximum absolute atomic E-state index is 10.2. The first-order valence-electron chi connectivity index (χ1n) is 3.22. The monoisotopic (exact) mass is 209 g/mol. The summed E-state index contributed by atoms with van der Waals surface area (Å²) < 4.78 is 28.6. The molecule has 0 aromatic carbocycles. The topological polar surface area (TPSA) is 129 Å². The van der Waals surface area contributed by atoms with Crippen LogP contribution >= 0.6 is 0 Å². The van der Waals surface area contributed by atoms with Crippen LogP contribution < -0.4 is 16.7 Å². The zero-order chi connectivity index (χ0) is 10.2. The Bertz CT molecular complexity index is 272. The molecule has 0 aromatic heterocycles. The number of nitrogens with zero attached hydrogens (tertiary/aromatic N) is 2. The van der Waals surface area contributed by atoms with E-state index in [2.05, 4.69) is 20.9 Å². The third kappa shape index (κ3) is 10.7. The lowest BCUT2D eigenvalue weighted by Gasteiger charge is -1.95. The molecule has 8 nitrogen and oxygen atoms in total. The highest BCUT2D eigenvalue weighted by Gasteiger charge is 2.00. The second-order valence-electron chi connectivity index (χ2n) is 1.89. The third-order valence-electron chi connectivity index (χ3n) is 0.857. The van der Waals surface area contributed by atoms with Crippen LogP contribution in [0.15, 0.2) is 10.1 Å². The fourth-order valence-electron chi connectivity index (χ4n) is 0.390. The summed E-state index contributed by atoms with van der Waals surface area (Å²) in [5.74, 6) is 4.33. The van der Waals surface area contributed by atoms with Crippen molar-refractivity contribution in [3.8, 4) is 0 Å². The third-order valence-corrected chi connectivity index (χ3v) is 1.56. The molecule has 0 atom stereocenters. The highest BCUT2D eigenvalue weighted by atomic mass is 32.2. The van der Waals surface area contributed by atoms with E-state index >= 15 is 0 Å². The zero-order valence-electron chi connectivity index (χ0n) is 6.71. The Labute approximate surface area is 75.6 Å². The van der Waals surface area contributed by atoms with Gasteiger partial charge < -0.3 is 5.84 Å². The van der Waals surface area contributed by atoms with Gasteiger partial charge in [-0.3, -0.25) is 20.4 Å². The highest BCUT2D eigenvalue weighted by Crippen LogP contribution is 1.80. The molecule has 0 aliphatic heterocycles. The first-order chi connectivity index (χ1) is 6.06. The van der Waals surface area contributed by atoms with Gasteiger partial charge in [0.05, 0.1) is 12.3 Å². The largest absolute Gasteiger partial charge is 0.322 e. The molecule has 0 bridgehead atoms. The van der Waals surface area contributed by atoms with Gasteiger partial charge in [-0.25, -0.2) is 0 Å². The molecule has 0 spiro atoms. The van der Waals surface area contributed by atoms with Crippen LogP contribution in [0.4, 0.5) is 0 Å². The quantitative estimate of drug-likeness (QED) is 0.0990. The molecule has 0 aliphatic rings. The van der Waals surface area contributed by atoms with E-state index in [1.807, 2.05) is 0 Å². The molecule has 9 heteroatoms. The predicted molar refractivity (Wildman–Crippen MR) is 48.7 cm³/mol. The Morgan fingerprint density at radius 2 is 2.00 bits per heavy atom.